The summed E-state index contributed by atoms with van der Waals surface area (Å²) >= 11 is 7.24. The fraction of sp³-hybridized carbons (Fsp3) is 0.500. The molecule has 0 saturated carbocycles. The monoisotopic (exact) mass is 406 g/mol. The fourth-order valence-corrected chi connectivity index (χ4v) is 2.69. The van der Waals surface area contributed by atoms with Crippen LogP contribution < -0.4 is 9.62 Å². The Labute approximate surface area is 157 Å². The summed E-state index contributed by atoms with van der Waals surface area (Å²) in [6.45, 7) is 3.59. The van der Waals surface area contributed by atoms with Crippen LogP contribution in [0.2, 0.25) is 5.28 Å². The molecule has 10 nitrogen and oxygen atoms in total. The predicted molar refractivity (Wildman–Crippen MR) is 95.5 cm³/mol. The number of aromatic nitrogens is 3. The topological polar surface area (TPSA) is 130 Å². The molecule has 1 aromatic heterocycles. The van der Waals surface area contributed by atoms with E-state index in [1.807, 2.05) is 6.07 Å². The zero-order chi connectivity index (χ0) is 19.0. The second-order valence-electron chi connectivity index (χ2n) is 4.29. The first-order chi connectivity index (χ1) is 11.8. The number of carbonyl (C=O) groups excluding carboxylic acids is 2. The molecule has 13 heteroatoms. The van der Waals surface area contributed by atoms with E-state index in [4.69, 9.17) is 11.6 Å². The summed E-state index contributed by atoms with van der Waals surface area (Å²) in [7, 11) is 2.45. The van der Waals surface area contributed by atoms with Gasteiger partial charge in [-0.3, -0.25) is 4.31 Å². The molecule has 0 aromatic carbocycles. The minimum Gasteiger partial charge on any atom is -0.461 e. The third-order valence-corrected chi connectivity index (χ3v) is 4.54. The number of rotatable bonds is 6. The Morgan fingerprint density at radius 1 is 1.32 bits per heavy atom. The maximum atomic E-state index is 11.4. The van der Waals surface area contributed by atoms with Gasteiger partial charge in [0.1, 0.15) is 6.07 Å². The van der Waals surface area contributed by atoms with Crippen molar-refractivity contribution in [1.29, 1.82) is 5.26 Å². The van der Waals surface area contributed by atoms with Crippen molar-refractivity contribution >= 4 is 57.8 Å². The van der Waals surface area contributed by atoms with Crippen LogP contribution in [0.4, 0.5) is 21.5 Å². The number of hydrogen-bond acceptors (Lipinski definition) is 12. The van der Waals surface area contributed by atoms with Crippen molar-refractivity contribution in [3.63, 3.8) is 0 Å². The van der Waals surface area contributed by atoms with Crippen LogP contribution in [0.15, 0.2) is 0 Å². The van der Waals surface area contributed by atoms with Gasteiger partial charge < -0.3 is 14.8 Å². The van der Waals surface area contributed by atoms with E-state index in [2.05, 4.69) is 29.7 Å². The number of anilines is 2. The maximum Gasteiger partial charge on any atom is 0.388 e. The zero-order valence-electron chi connectivity index (χ0n) is 13.8. The molecule has 1 atom stereocenters. The number of ether oxygens (including phenoxy) is 2. The molecule has 1 N–H and O–H groups in total. The molecule has 0 amide bonds. The largest absolute Gasteiger partial charge is 0.461 e. The quantitative estimate of drug-likeness (QED) is 0.423. The third kappa shape index (κ3) is 6.45. The smallest absolute Gasteiger partial charge is 0.388 e. The summed E-state index contributed by atoms with van der Waals surface area (Å²) < 4.78 is 10.6. The fourth-order valence-electron chi connectivity index (χ4n) is 1.38. The van der Waals surface area contributed by atoms with E-state index in [0.29, 0.717) is 18.3 Å². The molecule has 1 rings (SSSR count). The van der Waals surface area contributed by atoms with E-state index >= 15 is 0 Å². The van der Waals surface area contributed by atoms with Gasteiger partial charge in [0.25, 0.3) is 0 Å². The Morgan fingerprint density at radius 3 is 2.48 bits per heavy atom. The summed E-state index contributed by atoms with van der Waals surface area (Å²) in [5, 5.41) is 10.6. The third-order valence-electron chi connectivity index (χ3n) is 2.48. The van der Waals surface area contributed by atoms with Gasteiger partial charge in [-0.1, -0.05) is 0 Å². The van der Waals surface area contributed by atoms with E-state index in [-0.39, 0.29) is 17.2 Å². The van der Waals surface area contributed by atoms with Crippen molar-refractivity contribution in [2.45, 2.75) is 18.7 Å². The van der Waals surface area contributed by atoms with Gasteiger partial charge >= 0.3 is 10.6 Å². The van der Waals surface area contributed by atoms with Crippen molar-refractivity contribution in [2.75, 3.05) is 30.4 Å². The Morgan fingerprint density at radius 2 is 1.96 bits per heavy atom. The Bertz CT molecular complexity index is 688. The highest BCUT2D eigenvalue weighted by Crippen LogP contribution is 2.28. The standard InChI is InChI=1S/C12H15ClN6O4S2/c1-5-19(25-11(21)23-4)9-16-7(13)15-8(17-9)18-12(2,6-14)24-10(20)22-3/h5H2,1-4H3,(H,15,16,17,18). The summed E-state index contributed by atoms with van der Waals surface area (Å²) in [4.78, 5) is 33.4. The Balaban J connectivity index is 3.09. The number of nitriles is 1. The minimum absolute atomic E-state index is 0.0423. The highest BCUT2D eigenvalue weighted by Gasteiger charge is 2.31. The number of hydrogen-bond donors (Lipinski definition) is 1. The molecule has 0 aliphatic rings. The van der Waals surface area contributed by atoms with Gasteiger partial charge in [-0.05, 0) is 25.4 Å². The van der Waals surface area contributed by atoms with Gasteiger partial charge in [-0.25, -0.2) is 9.59 Å². The van der Waals surface area contributed by atoms with Crippen molar-refractivity contribution < 1.29 is 19.1 Å². The van der Waals surface area contributed by atoms with Crippen LogP contribution in [0.25, 0.3) is 0 Å². The first kappa shape index (κ1) is 21.1. The van der Waals surface area contributed by atoms with Crippen molar-refractivity contribution in [2.24, 2.45) is 0 Å². The van der Waals surface area contributed by atoms with Crippen LogP contribution in [0.3, 0.4) is 0 Å². The lowest BCUT2D eigenvalue weighted by molar-refractivity contribution is 0.199. The highest BCUT2D eigenvalue weighted by molar-refractivity contribution is 8.14. The second kappa shape index (κ2) is 9.50. The van der Waals surface area contributed by atoms with E-state index in [0.717, 1.165) is 11.9 Å². The molecule has 1 heterocycles. The zero-order valence-corrected chi connectivity index (χ0v) is 16.2. The number of halogens is 1. The summed E-state index contributed by atoms with van der Waals surface area (Å²) in [5.74, 6) is 0.0446. The van der Waals surface area contributed by atoms with Crippen molar-refractivity contribution in [3.05, 3.63) is 5.28 Å². The van der Waals surface area contributed by atoms with Gasteiger partial charge in [0.15, 0.2) is 4.87 Å². The first-order valence-corrected chi connectivity index (χ1v) is 8.65. The van der Waals surface area contributed by atoms with Crippen LogP contribution in [0.5, 0.6) is 0 Å². The SMILES string of the molecule is CCN(SC(=O)OC)c1nc(Cl)nc(NC(C)(C#N)SC(=O)OC)n1. The number of nitrogens with one attached hydrogen (secondary N) is 1. The van der Waals surface area contributed by atoms with Crippen LogP contribution in [-0.2, 0) is 9.47 Å². The summed E-state index contributed by atoms with van der Waals surface area (Å²) in [6.07, 6.45) is 0. The molecule has 0 aliphatic carbocycles. The molecule has 1 aromatic rings. The number of methoxy groups -OCH3 is 2. The molecule has 136 valence electrons. The molecule has 0 spiro atoms. The summed E-state index contributed by atoms with van der Waals surface area (Å²) in [5.41, 5.74) is 0. The number of carbonyl (C=O) groups is 2. The van der Waals surface area contributed by atoms with E-state index in [1.54, 1.807) is 6.92 Å². The van der Waals surface area contributed by atoms with E-state index in [9.17, 15) is 14.9 Å². The molecule has 25 heavy (non-hydrogen) atoms. The van der Waals surface area contributed by atoms with Crippen LogP contribution in [-0.4, -0.2) is 51.2 Å². The molecule has 0 bridgehead atoms. The van der Waals surface area contributed by atoms with Crippen LogP contribution in [0.1, 0.15) is 13.8 Å². The minimum atomic E-state index is -1.40. The average molecular weight is 407 g/mol. The predicted octanol–water partition coefficient (Wildman–Crippen LogP) is 2.92. The number of thioether (sulfide) groups is 1. The number of nitrogens with zero attached hydrogens (tertiary/aromatic N) is 5. The lowest BCUT2D eigenvalue weighted by Gasteiger charge is -2.22. The Kier molecular flexibility index (Phi) is 8.01. The molecule has 0 saturated heterocycles. The van der Waals surface area contributed by atoms with E-state index < -0.39 is 15.5 Å². The average Bonchev–Trinajstić information content (AvgIpc) is 2.58. The summed E-state index contributed by atoms with van der Waals surface area (Å²) in [6, 6.07) is 1.93. The highest BCUT2D eigenvalue weighted by atomic mass is 35.5. The lowest BCUT2D eigenvalue weighted by atomic mass is 10.4. The molecule has 0 fully saturated rings. The van der Waals surface area contributed by atoms with Gasteiger partial charge in [0.05, 0.1) is 26.2 Å². The van der Waals surface area contributed by atoms with Gasteiger partial charge in [-0.15, -0.1) is 0 Å². The van der Waals surface area contributed by atoms with Crippen LogP contribution >= 0.6 is 35.3 Å². The van der Waals surface area contributed by atoms with Gasteiger partial charge in [0.2, 0.25) is 17.2 Å². The van der Waals surface area contributed by atoms with Gasteiger partial charge in [-0.2, -0.15) is 20.2 Å². The van der Waals surface area contributed by atoms with Gasteiger partial charge in [0, 0.05) is 18.3 Å². The van der Waals surface area contributed by atoms with Crippen molar-refractivity contribution in [3.8, 4) is 6.07 Å². The molecule has 1 unspecified atom stereocenters. The molecular weight excluding hydrogens is 392 g/mol. The second-order valence-corrected chi connectivity index (χ2v) is 6.94. The lowest BCUT2D eigenvalue weighted by Crippen LogP contribution is -2.32. The van der Waals surface area contributed by atoms with E-state index in [1.165, 1.54) is 25.4 Å². The Hall–Kier alpha value is -1.97. The van der Waals surface area contributed by atoms with Crippen molar-refractivity contribution in [1.82, 2.24) is 15.0 Å². The normalized spacial score (nSPS) is 12.5. The first-order valence-electron chi connectivity index (χ1n) is 6.68. The molecule has 0 aliphatic heterocycles. The molecular formula is C12H15ClN6O4S2. The maximum absolute atomic E-state index is 11.4. The molecule has 0 radical (unpaired) electrons. The van der Waals surface area contributed by atoms with Crippen LogP contribution in [0, 0.1) is 11.3 Å².